The molecule has 0 saturated heterocycles. The van der Waals surface area contributed by atoms with Crippen LogP contribution in [0.25, 0.3) is 0 Å². The summed E-state index contributed by atoms with van der Waals surface area (Å²) in [5.41, 5.74) is 12.2. The van der Waals surface area contributed by atoms with E-state index in [2.05, 4.69) is 18.8 Å². The Balaban J connectivity index is 2.07. The second-order valence-corrected chi connectivity index (χ2v) is 6.12. The maximum atomic E-state index is 14.2. The molecule has 2 rings (SSSR count). The van der Waals surface area contributed by atoms with E-state index in [1.54, 1.807) is 6.07 Å². The van der Waals surface area contributed by atoms with Crippen LogP contribution in [0.2, 0.25) is 0 Å². The molecular formula is C18H22FN3O2. The number of nitrogens with two attached hydrogens (primary N) is 2. The number of halogens is 1. The molecule has 0 saturated carbocycles. The van der Waals surface area contributed by atoms with Crippen molar-refractivity contribution in [2.24, 2.45) is 17.4 Å². The zero-order valence-corrected chi connectivity index (χ0v) is 13.8. The van der Waals surface area contributed by atoms with Crippen LogP contribution in [0.5, 0.6) is 11.6 Å². The van der Waals surface area contributed by atoms with Gasteiger partial charge in [-0.3, -0.25) is 4.79 Å². The molecule has 0 spiro atoms. The Morgan fingerprint density at radius 1 is 1.25 bits per heavy atom. The van der Waals surface area contributed by atoms with Crippen LogP contribution >= 0.6 is 0 Å². The third-order valence-electron chi connectivity index (χ3n) is 3.67. The van der Waals surface area contributed by atoms with E-state index >= 15 is 0 Å². The van der Waals surface area contributed by atoms with Crippen LogP contribution < -0.4 is 16.2 Å². The van der Waals surface area contributed by atoms with E-state index < -0.39 is 11.7 Å². The van der Waals surface area contributed by atoms with E-state index in [-0.39, 0.29) is 23.2 Å². The molecular weight excluding hydrogens is 309 g/mol. The molecule has 128 valence electrons. The van der Waals surface area contributed by atoms with Crippen molar-refractivity contribution in [1.29, 1.82) is 0 Å². The van der Waals surface area contributed by atoms with Gasteiger partial charge in [0.2, 0.25) is 11.8 Å². The number of primary amides is 1. The van der Waals surface area contributed by atoms with Gasteiger partial charge in [0, 0.05) is 18.3 Å². The highest BCUT2D eigenvalue weighted by molar-refractivity contribution is 5.92. The molecule has 1 aromatic carbocycles. The molecule has 1 unspecified atom stereocenters. The largest absolute Gasteiger partial charge is 0.436 e. The second-order valence-electron chi connectivity index (χ2n) is 6.12. The maximum Gasteiger partial charge on any atom is 0.250 e. The van der Waals surface area contributed by atoms with Gasteiger partial charge in [0.25, 0.3) is 0 Å². The van der Waals surface area contributed by atoms with E-state index in [9.17, 15) is 9.18 Å². The molecule has 0 aliphatic heterocycles. The number of carbonyl (C=O) groups excluding carboxylic acids is 1. The van der Waals surface area contributed by atoms with Gasteiger partial charge in [0.15, 0.2) is 11.6 Å². The molecule has 0 bridgehead atoms. The summed E-state index contributed by atoms with van der Waals surface area (Å²) in [6, 6.07) is 7.40. The molecule has 5 nitrogen and oxygen atoms in total. The predicted octanol–water partition coefficient (Wildman–Crippen LogP) is 3.55. The van der Waals surface area contributed by atoms with Crippen LogP contribution in [0.3, 0.4) is 0 Å². The average molecular weight is 331 g/mol. The quantitative estimate of drug-likeness (QED) is 0.811. The van der Waals surface area contributed by atoms with E-state index in [1.807, 2.05) is 0 Å². The van der Waals surface area contributed by atoms with Crippen molar-refractivity contribution in [3.8, 4) is 11.6 Å². The standard InChI is InChI=1S/C18H22FN3O2/c1-11(2)3-6-15(20)12-4-7-16(14(19)9-12)24-17-8-5-13(10-22-17)18(21)23/h4-5,7-11,15H,3,6,20H2,1-2H3,(H2,21,23). The Morgan fingerprint density at radius 3 is 2.54 bits per heavy atom. The summed E-state index contributed by atoms with van der Waals surface area (Å²) >= 11 is 0. The SMILES string of the molecule is CC(C)CCC(N)c1ccc(Oc2ccc(C(N)=O)cn2)c(F)c1. The molecule has 1 heterocycles. The first kappa shape index (κ1) is 17.9. The fourth-order valence-corrected chi connectivity index (χ4v) is 2.21. The van der Waals surface area contributed by atoms with Crippen molar-refractivity contribution in [3.05, 3.63) is 53.5 Å². The number of hydrogen-bond donors (Lipinski definition) is 2. The summed E-state index contributed by atoms with van der Waals surface area (Å²) in [5.74, 6) is -0.309. The summed E-state index contributed by atoms with van der Waals surface area (Å²) in [6.07, 6.45) is 3.07. The lowest BCUT2D eigenvalue weighted by atomic mass is 9.98. The Kier molecular flexibility index (Phi) is 5.87. The Bertz CT molecular complexity index is 702. The van der Waals surface area contributed by atoms with Crippen LogP contribution in [0.1, 0.15) is 48.7 Å². The van der Waals surface area contributed by atoms with Gasteiger partial charge < -0.3 is 16.2 Å². The zero-order chi connectivity index (χ0) is 17.7. The molecule has 1 aromatic heterocycles. The van der Waals surface area contributed by atoms with Crippen LogP contribution in [-0.4, -0.2) is 10.9 Å². The molecule has 6 heteroatoms. The predicted molar refractivity (Wildman–Crippen MR) is 90.2 cm³/mol. The molecule has 24 heavy (non-hydrogen) atoms. The topological polar surface area (TPSA) is 91.2 Å². The Labute approximate surface area is 140 Å². The average Bonchev–Trinajstić information content (AvgIpc) is 2.55. The van der Waals surface area contributed by atoms with Crippen LogP contribution in [0.4, 0.5) is 4.39 Å². The minimum Gasteiger partial charge on any atom is -0.436 e. The summed E-state index contributed by atoms with van der Waals surface area (Å²) < 4.78 is 19.6. The maximum absolute atomic E-state index is 14.2. The van der Waals surface area contributed by atoms with Crippen molar-refractivity contribution in [3.63, 3.8) is 0 Å². The lowest BCUT2D eigenvalue weighted by Gasteiger charge is -2.14. The van der Waals surface area contributed by atoms with Crippen LogP contribution in [-0.2, 0) is 0 Å². The number of carbonyl (C=O) groups is 1. The molecule has 2 aromatic rings. The van der Waals surface area contributed by atoms with Crippen molar-refractivity contribution >= 4 is 5.91 Å². The Morgan fingerprint density at radius 2 is 2.00 bits per heavy atom. The lowest BCUT2D eigenvalue weighted by Crippen LogP contribution is -2.11. The highest BCUT2D eigenvalue weighted by Crippen LogP contribution is 2.27. The summed E-state index contributed by atoms with van der Waals surface area (Å²) in [5, 5.41) is 0. The van der Waals surface area contributed by atoms with Gasteiger partial charge in [-0.1, -0.05) is 19.9 Å². The van der Waals surface area contributed by atoms with E-state index in [0.29, 0.717) is 5.92 Å². The van der Waals surface area contributed by atoms with Crippen molar-refractivity contribution < 1.29 is 13.9 Å². The normalized spacial score (nSPS) is 12.2. The third-order valence-corrected chi connectivity index (χ3v) is 3.67. The summed E-state index contributed by atoms with van der Waals surface area (Å²) in [7, 11) is 0. The van der Waals surface area contributed by atoms with E-state index in [1.165, 1.54) is 30.5 Å². The highest BCUT2D eigenvalue weighted by Gasteiger charge is 2.12. The molecule has 0 fully saturated rings. The molecule has 4 N–H and O–H groups in total. The number of aromatic nitrogens is 1. The molecule has 1 amide bonds. The number of rotatable bonds is 7. The number of pyridine rings is 1. The van der Waals surface area contributed by atoms with E-state index in [4.69, 9.17) is 16.2 Å². The number of nitrogens with zero attached hydrogens (tertiary/aromatic N) is 1. The minimum atomic E-state index is -0.583. The van der Waals surface area contributed by atoms with Gasteiger partial charge in [-0.2, -0.15) is 0 Å². The third kappa shape index (κ3) is 4.76. The fourth-order valence-electron chi connectivity index (χ4n) is 2.21. The summed E-state index contributed by atoms with van der Waals surface area (Å²) in [4.78, 5) is 14.9. The van der Waals surface area contributed by atoms with Gasteiger partial charge in [0.1, 0.15) is 0 Å². The van der Waals surface area contributed by atoms with Crippen LogP contribution in [0.15, 0.2) is 36.5 Å². The smallest absolute Gasteiger partial charge is 0.250 e. The number of amides is 1. The van der Waals surface area contributed by atoms with Gasteiger partial charge >= 0.3 is 0 Å². The van der Waals surface area contributed by atoms with E-state index in [0.717, 1.165) is 18.4 Å². The fraction of sp³-hybridized carbons (Fsp3) is 0.333. The van der Waals surface area contributed by atoms with Crippen molar-refractivity contribution in [2.75, 3.05) is 0 Å². The second kappa shape index (κ2) is 7.88. The highest BCUT2D eigenvalue weighted by atomic mass is 19.1. The monoisotopic (exact) mass is 331 g/mol. The number of hydrogen-bond acceptors (Lipinski definition) is 4. The molecule has 1 atom stereocenters. The first-order valence-electron chi connectivity index (χ1n) is 7.85. The summed E-state index contributed by atoms with van der Waals surface area (Å²) in [6.45, 7) is 4.25. The van der Waals surface area contributed by atoms with Gasteiger partial charge in [-0.25, -0.2) is 9.37 Å². The lowest BCUT2D eigenvalue weighted by molar-refractivity contribution is 0.1000. The molecule has 0 aliphatic carbocycles. The minimum absolute atomic E-state index is 0.0501. The first-order chi connectivity index (χ1) is 11.4. The Hall–Kier alpha value is -2.47. The molecule has 0 radical (unpaired) electrons. The number of benzene rings is 1. The number of ether oxygens (including phenoxy) is 1. The van der Waals surface area contributed by atoms with Crippen molar-refractivity contribution in [2.45, 2.75) is 32.7 Å². The first-order valence-corrected chi connectivity index (χ1v) is 7.85. The van der Waals surface area contributed by atoms with Gasteiger partial charge in [0.05, 0.1) is 5.56 Å². The zero-order valence-electron chi connectivity index (χ0n) is 13.8. The van der Waals surface area contributed by atoms with Gasteiger partial charge in [-0.15, -0.1) is 0 Å². The van der Waals surface area contributed by atoms with Crippen LogP contribution in [0, 0.1) is 11.7 Å². The van der Waals surface area contributed by atoms with Gasteiger partial charge in [-0.05, 0) is 42.5 Å². The van der Waals surface area contributed by atoms with Crippen molar-refractivity contribution in [1.82, 2.24) is 4.98 Å². The molecule has 0 aliphatic rings.